The van der Waals surface area contributed by atoms with Crippen LogP contribution in [-0.4, -0.2) is 47.4 Å². The van der Waals surface area contributed by atoms with Gasteiger partial charge in [0.05, 0.1) is 25.4 Å². The van der Waals surface area contributed by atoms with Crippen molar-refractivity contribution in [2.75, 3.05) is 13.2 Å². The van der Waals surface area contributed by atoms with Crippen molar-refractivity contribution >= 4 is 11.9 Å². The van der Waals surface area contributed by atoms with Crippen LogP contribution in [0.25, 0.3) is 0 Å². The van der Waals surface area contributed by atoms with Gasteiger partial charge in [0.25, 0.3) is 0 Å². The Balaban J connectivity index is 3.34. The summed E-state index contributed by atoms with van der Waals surface area (Å²) in [6.07, 6.45) is 76.8. The number of carbonyl (C=O) groups excluding carboxylic acids is 2. The van der Waals surface area contributed by atoms with Gasteiger partial charge in [-0.1, -0.05) is 328 Å². The van der Waals surface area contributed by atoms with E-state index in [0.717, 1.165) is 38.5 Å². The summed E-state index contributed by atoms with van der Waals surface area (Å²) in [6.45, 7) is 4.98. The highest BCUT2D eigenvalue weighted by atomic mass is 16.5. The van der Waals surface area contributed by atoms with Crippen molar-refractivity contribution in [3.63, 3.8) is 0 Å². The Morgan fingerprint density at radius 2 is 0.644 bits per heavy atom. The number of hydrogen-bond acceptors (Lipinski definition) is 5. The molecule has 1 amide bonds. The van der Waals surface area contributed by atoms with Crippen LogP contribution in [0.15, 0.2) is 12.2 Å². The summed E-state index contributed by atoms with van der Waals surface area (Å²) >= 11 is 0. The highest BCUT2D eigenvalue weighted by molar-refractivity contribution is 5.76. The standard InChI is InChI=1S/C67H131NO5/c1-3-5-7-9-11-13-15-17-18-34-37-41-45-49-53-57-61-67(72)73-62-58-54-50-46-42-38-35-32-30-28-26-24-22-20-19-21-23-25-27-29-31-33-36-40-44-48-52-56-60-66(71)68-64(63-69)65(70)59-55-51-47-43-39-16-14-12-10-8-6-4-2/h19-20,64-65,69-70H,3-18,21-63H2,1-2H3,(H,68,71)/b20-19-. The number of esters is 1. The third-order valence-electron chi connectivity index (χ3n) is 15.8. The zero-order chi connectivity index (χ0) is 52.9. The Bertz CT molecular complexity index is 1100. The van der Waals surface area contributed by atoms with Gasteiger partial charge in [-0.15, -0.1) is 0 Å². The van der Waals surface area contributed by atoms with E-state index >= 15 is 0 Å². The highest BCUT2D eigenvalue weighted by Crippen LogP contribution is 2.18. The van der Waals surface area contributed by atoms with Gasteiger partial charge < -0.3 is 20.3 Å². The van der Waals surface area contributed by atoms with Gasteiger partial charge in [-0.2, -0.15) is 0 Å². The fourth-order valence-corrected chi connectivity index (χ4v) is 10.7. The second-order valence-corrected chi connectivity index (χ2v) is 23.2. The maximum Gasteiger partial charge on any atom is 0.305 e. The predicted molar refractivity (Wildman–Crippen MR) is 320 cm³/mol. The number of hydrogen-bond donors (Lipinski definition) is 3. The van der Waals surface area contributed by atoms with E-state index in [4.69, 9.17) is 4.74 Å². The molecule has 0 aromatic carbocycles. The zero-order valence-corrected chi connectivity index (χ0v) is 49.6. The number of amides is 1. The Kier molecular flexibility index (Phi) is 61.9. The van der Waals surface area contributed by atoms with E-state index < -0.39 is 12.1 Å². The van der Waals surface area contributed by atoms with Crippen molar-refractivity contribution in [3.05, 3.63) is 12.2 Å². The van der Waals surface area contributed by atoms with Crippen molar-refractivity contribution in [1.29, 1.82) is 0 Å². The Labute approximate surface area is 457 Å². The Morgan fingerprint density at radius 3 is 0.973 bits per heavy atom. The summed E-state index contributed by atoms with van der Waals surface area (Å²) in [7, 11) is 0. The molecular formula is C67H131NO5. The summed E-state index contributed by atoms with van der Waals surface area (Å²) in [6, 6.07) is -0.539. The molecule has 2 atom stereocenters. The molecule has 73 heavy (non-hydrogen) atoms. The van der Waals surface area contributed by atoms with E-state index in [-0.39, 0.29) is 18.5 Å². The van der Waals surface area contributed by atoms with Crippen molar-refractivity contribution in [2.24, 2.45) is 0 Å². The fraction of sp³-hybridized carbons (Fsp3) is 0.940. The van der Waals surface area contributed by atoms with Gasteiger partial charge in [-0.3, -0.25) is 9.59 Å². The molecule has 0 rings (SSSR count). The number of nitrogens with one attached hydrogen (secondary N) is 1. The Morgan fingerprint density at radius 1 is 0.370 bits per heavy atom. The molecule has 0 saturated heterocycles. The minimum absolute atomic E-state index is 0.0200. The first kappa shape index (κ1) is 71.6. The van der Waals surface area contributed by atoms with E-state index in [9.17, 15) is 19.8 Å². The van der Waals surface area contributed by atoms with Crippen molar-refractivity contribution < 1.29 is 24.5 Å². The second-order valence-electron chi connectivity index (χ2n) is 23.2. The lowest BCUT2D eigenvalue weighted by Gasteiger charge is -2.22. The SMILES string of the molecule is CCCCCCCCCCCCCCCCCCC(=O)OCCCCCCCCCCCCCC/C=C\CCCCCCCCCCCCCCC(=O)NC(CO)C(O)CCCCCCCCCCCCCC. The van der Waals surface area contributed by atoms with Crippen LogP contribution in [0.3, 0.4) is 0 Å². The highest BCUT2D eigenvalue weighted by Gasteiger charge is 2.20. The molecule has 6 heteroatoms. The van der Waals surface area contributed by atoms with Crippen LogP contribution in [0.4, 0.5) is 0 Å². The molecule has 0 heterocycles. The third kappa shape index (κ3) is 59.7. The lowest BCUT2D eigenvalue weighted by atomic mass is 10.0. The normalized spacial score (nSPS) is 12.5. The van der Waals surface area contributed by atoms with Gasteiger partial charge in [0, 0.05) is 12.8 Å². The number of aliphatic hydroxyl groups is 2. The molecule has 0 saturated carbocycles. The quantitative estimate of drug-likeness (QED) is 0.0320. The number of aliphatic hydroxyl groups excluding tert-OH is 2. The zero-order valence-electron chi connectivity index (χ0n) is 49.6. The van der Waals surface area contributed by atoms with Crippen LogP contribution in [0.2, 0.25) is 0 Å². The first-order valence-corrected chi connectivity index (χ1v) is 33.4. The molecule has 0 aliphatic carbocycles. The smallest absolute Gasteiger partial charge is 0.305 e. The number of ether oxygens (including phenoxy) is 1. The first-order valence-electron chi connectivity index (χ1n) is 33.4. The molecule has 0 aromatic rings. The monoisotopic (exact) mass is 1030 g/mol. The topological polar surface area (TPSA) is 95.9 Å². The largest absolute Gasteiger partial charge is 0.466 e. The van der Waals surface area contributed by atoms with Crippen molar-refractivity contribution in [1.82, 2.24) is 5.32 Å². The molecular weight excluding hydrogens is 899 g/mol. The minimum atomic E-state index is -0.662. The molecule has 0 aliphatic rings. The molecule has 0 fully saturated rings. The lowest BCUT2D eigenvalue weighted by molar-refractivity contribution is -0.143. The molecule has 0 aromatic heterocycles. The van der Waals surface area contributed by atoms with Crippen LogP contribution < -0.4 is 5.32 Å². The maximum absolute atomic E-state index is 12.5. The average Bonchev–Trinajstić information content (AvgIpc) is 3.39. The number of allylic oxidation sites excluding steroid dienone is 2. The first-order chi connectivity index (χ1) is 36.0. The number of carbonyl (C=O) groups is 2. The van der Waals surface area contributed by atoms with E-state index in [1.807, 2.05) is 0 Å². The summed E-state index contributed by atoms with van der Waals surface area (Å²) in [5.41, 5.74) is 0. The van der Waals surface area contributed by atoms with E-state index in [1.165, 1.54) is 308 Å². The van der Waals surface area contributed by atoms with Crippen LogP contribution in [0, 0.1) is 0 Å². The van der Waals surface area contributed by atoms with Gasteiger partial charge in [0.15, 0.2) is 0 Å². The van der Waals surface area contributed by atoms with E-state index in [0.29, 0.717) is 25.9 Å². The molecule has 0 aliphatic heterocycles. The van der Waals surface area contributed by atoms with Gasteiger partial charge >= 0.3 is 5.97 Å². The molecule has 6 nitrogen and oxygen atoms in total. The molecule has 0 radical (unpaired) electrons. The molecule has 3 N–H and O–H groups in total. The molecule has 2 unspecified atom stereocenters. The van der Waals surface area contributed by atoms with Crippen LogP contribution >= 0.6 is 0 Å². The van der Waals surface area contributed by atoms with Crippen LogP contribution in [0.1, 0.15) is 380 Å². The average molecular weight is 1030 g/mol. The number of unbranched alkanes of at least 4 members (excludes halogenated alkanes) is 50. The summed E-state index contributed by atoms with van der Waals surface area (Å²) in [5.74, 6) is -0.0133. The summed E-state index contributed by atoms with van der Waals surface area (Å²) in [5, 5.41) is 23.2. The fourth-order valence-electron chi connectivity index (χ4n) is 10.7. The summed E-state index contributed by atoms with van der Waals surface area (Å²) in [4.78, 5) is 24.5. The molecule has 0 spiro atoms. The van der Waals surface area contributed by atoms with Gasteiger partial charge in [0.1, 0.15) is 0 Å². The maximum atomic E-state index is 12.5. The third-order valence-corrected chi connectivity index (χ3v) is 15.8. The lowest BCUT2D eigenvalue weighted by Crippen LogP contribution is -2.45. The van der Waals surface area contributed by atoms with Gasteiger partial charge in [0.2, 0.25) is 5.91 Å². The van der Waals surface area contributed by atoms with Crippen molar-refractivity contribution in [2.45, 2.75) is 392 Å². The van der Waals surface area contributed by atoms with Crippen LogP contribution in [-0.2, 0) is 14.3 Å². The van der Waals surface area contributed by atoms with E-state index in [2.05, 4.69) is 31.3 Å². The Hall–Kier alpha value is -1.40. The molecule has 0 bridgehead atoms. The predicted octanol–water partition coefficient (Wildman–Crippen LogP) is 21.2. The molecule has 434 valence electrons. The van der Waals surface area contributed by atoms with Gasteiger partial charge in [-0.05, 0) is 51.4 Å². The minimum Gasteiger partial charge on any atom is -0.466 e. The summed E-state index contributed by atoms with van der Waals surface area (Å²) < 4.78 is 5.50. The second kappa shape index (κ2) is 63.1. The van der Waals surface area contributed by atoms with Crippen molar-refractivity contribution in [3.8, 4) is 0 Å². The van der Waals surface area contributed by atoms with E-state index in [1.54, 1.807) is 0 Å². The number of rotatable bonds is 63. The van der Waals surface area contributed by atoms with Gasteiger partial charge in [-0.25, -0.2) is 0 Å². The van der Waals surface area contributed by atoms with Crippen LogP contribution in [0.5, 0.6) is 0 Å².